The highest BCUT2D eigenvalue weighted by molar-refractivity contribution is 7.80. The Kier molecular flexibility index (Phi) is 6.07. The number of nitrogens with two attached hydrogens (primary N) is 1. The fraction of sp³-hybridized carbons (Fsp3) is 0.417. The smallest absolute Gasteiger partial charge is 0.221 e. The van der Waals surface area contributed by atoms with Crippen molar-refractivity contribution in [2.45, 2.75) is 19.8 Å². The van der Waals surface area contributed by atoms with E-state index in [0.29, 0.717) is 24.5 Å². The predicted molar refractivity (Wildman–Crippen MR) is 76.5 cm³/mol. The molecule has 1 aromatic heterocycles. The average Bonchev–Trinajstić information content (AvgIpc) is 2.36. The molecular formula is C12H18N4OS. The van der Waals surface area contributed by atoms with Gasteiger partial charge in [0.15, 0.2) is 0 Å². The van der Waals surface area contributed by atoms with Gasteiger partial charge >= 0.3 is 0 Å². The van der Waals surface area contributed by atoms with Crippen LogP contribution in [0.25, 0.3) is 0 Å². The van der Waals surface area contributed by atoms with Gasteiger partial charge in [-0.1, -0.05) is 19.1 Å². The molecule has 0 aliphatic heterocycles. The molecular weight excluding hydrogens is 248 g/mol. The van der Waals surface area contributed by atoms with E-state index in [1.807, 2.05) is 6.92 Å². The van der Waals surface area contributed by atoms with Crippen molar-refractivity contribution >= 4 is 28.8 Å². The van der Waals surface area contributed by atoms with Crippen molar-refractivity contribution in [1.82, 2.24) is 10.3 Å². The lowest BCUT2D eigenvalue weighted by Crippen LogP contribution is -2.26. The molecule has 1 aromatic rings. The fourth-order valence-electron chi connectivity index (χ4n) is 1.41. The van der Waals surface area contributed by atoms with Gasteiger partial charge in [-0.25, -0.2) is 0 Å². The summed E-state index contributed by atoms with van der Waals surface area (Å²) in [7, 11) is 0. The van der Waals surface area contributed by atoms with E-state index in [0.717, 1.165) is 17.7 Å². The second-order valence-electron chi connectivity index (χ2n) is 3.81. The minimum absolute atomic E-state index is 0.0325. The number of carbonyl (C=O) groups excluding carboxylic acids is 1. The summed E-state index contributed by atoms with van der Waals surface area (Å²) in [5.74, 6) is 0.0325. The molecule has 0 bridgehead atoms. The first kappa shape index (κ1) is 14.4. The number of nitrogens with one attached hydrogen (secondary N) is 2. The summed E-state index contributed by atoms with van der Waals surface area (Å²) in [6.45, 7) is 3.25. The first-order chi connectivity index (χ1) is 8.65. The molecule has 6 heteroatoms. The van der Waals surface area contributed by atoms with E-state index < -0.39 is 0 Å². The first-order valence-electron chi connectivity index (χ1n) is 5.89. The van der Waals surface area contributed by atoms with Crippen LogP contribution in [0.1, 0.15) is 25.3 Å². The van der Waals surface area contributed by atoms with Crippen molar-refractivity contribution in [2.24, 2.45) is 5.73 Å². The Morgan fingerprint density at radius 3 is 2.94 bits per heavy atom. The quantitative estimate of drug-likeness (QED) is 0.643. The topological polar surface area (TPSA) is 80.0 Å². The predicted octanol–water partition coefficient (Wildman–Crippen LogP) is 1.04. The summed E-state index contributed by atoms with van der Waals surface area (Å²) in [6.07, 6.45) is 4.63. The third-order valence-corrected chi connectivity index (χ3v) is 2.55. The molecule has 0 atom stereocenters. The number of amides is 1. The van der Waals surface area contributed by atoms with Crippen molar-refractivity contribution in [1.29, 1.82) is 0 Å². The number of aromatic nitrogens is 1. The Morgan fingerprint density at radius 1 is 1.50 bits per heavy atom. The van der Waals surface area contributed by atoms with Crippen LogP contribution >= 0.6 is 12.2 Å². The van der Waals surface area contributed by atoms with E-state index in [4.69, 9.17) is 18.0 Å². The van der Waals surface area contributed by atoms with Crippen LogP contribution in [0.2, 0.25) is 0 Å². The molecule has 0 aliphatic rings. The number of carbonyl (C=O) groups is 1. The third kappa shape index (κ3) is 4.67. The van der Waals surface area contributed by atoms with Gasteiger partial charge in [-0.05, 0) is 12.5 Å². The minimum atomic E-state index is 0.0325. The van der Waals surface area contributed by atoms with Gasteiger partial charge in [0.25, 0.3) is 0 Å². The summed E-state index contributed by atoms with van der Waals surface area (Å²) in [6, 6.07) is 1.75. The number of hydrogen-bond donors (Lipinski definition) is 3. The number of rotatable bonds is 7. The molecule has 4 N–H and O–H groups in total. The standard InChI is InChI=1S/C12H18N4OS/c1-2-5-16-11(17)4-7-15-10-8-14-6-3-9(10)12(13)18/h3,6,8,15H,2,4-5,7H2,1H3,(H2,13,18)(H,16,17). The highest BCUT2D eigenvalue weighted by Crippen LogP contribution is 2.12. The number of nitrogens with zero attached hydrogens (tertiary/aromatic N) is 1. The lowest BCUT2D eigenvalue weighted by Gasteiger charge is -2.10. The van der Waals surface area contributed by atoms with Crippen LogP contribution in [0.4, 0.5) is 5.69 Å². The lowest BCUT2D eigenvalue weighted by atomic mass is 10.2. The highest BCUT2D eigenvalue weighted by atomic mass is 32.1. The van der Waals surface area contributed by atoms with Gasteiger partial charge in [0, 0.05) is 31.3 Å². The van der Waals surface area contributed by atoms with Gasteiger partial charge in [0.05, 0.1) is 11.9 Å². The number of hydrogen-bond acceptors (Lipinski definition) is 4. The molecule has 0 spiro atoms. The van der Waals surface area contributed by atoms with Crippen molar-refractivity contribution in [2.75, 3.05) is 18.4 Å². The maximum absolute atomic E-state index is 11.4. The van der Waals surface area contributed by atoms with Gasteiger partial charge < -0.3 is 16.4 Å². The molecule has 18 heavy (non-hydrogen) atoms. The van der Waals surface area contributed by atoms with Crippen molar-refractivity contribution < 1.29 is 4.79 Å². The molecule has 0 unspecified atom stereocenters. The molecule has 0 saturated heterocycles. The highest BCUT2D eigenvalue weighted by Gasteiger charge is 2.05. The van der Waals surface area contributed by atoms with Crippen LogP contribution in [0.3, 0.4) is 0 Å². The average molecular weight is 266 g/mol. The third-order valence-electron chi connectivity index (χ3n) is 2.33. The van der Waals surface area contributed by atoms with Crippen LogP contribution in [0.5, 0.6) is 0 Å². The van der Waals surface area contributed by atoms with Crippen molar-refractivity contribution in [3.8, 4) is 0 Å². The van der Waals surface area contributed by atoms with E-state index in [1.54, 1.807) is 18.5 Å². The lowest BCUT2D eigenvalue weighted by molar-refractivity contribution is -0.120. The Labute approximate surface area is 112 Å². The van der Waals surface area contributed by atoms with Gasteiger partial charge in [-0.3, -0.25) is 9.78 Å². The van der Waals surface area contributed by atoms with E-state index in [2.05, 4.69) is 15.6 Å². The van der Waals surface area contributed by atoms with Crippen LogP contribution < -0.4 is 16.4 Å². The van der Waals surface area contributed by atoms with Gasteiger partial charge in [0.2, 0.25) is 5.91 Å². The van der Waals surface area contributed by atoms with E-state index >= 15 is 0 Å². The molecule has 0 aliphatic carbocycles. The molecule has 0 radical (unpaired) electrons. The second-order valence-corrected chi connectivity index (χ2v) is 4.25. The summed E-state index contributed by atoms with van der Waals surface area (Å²) in [5, 5.41) is 5.92. The molecule has 1 heterocycles. The molecule has 1 amide bonds. The van der Waals surface area contributed by atoms with Gasteiger partial charge in [-0.2, -0.15) is 0 Å². The zero-order chi connectivity index (χ0) is 13.4. The van der Waals surface area contributed by atoms with Crippen molar-refractivity contribution in [3.05, 3.63) is 24.0 Å². The SMILES string of the molecule is CCCNC(=O)CCNc1cnccc1C(N)=S. The Balaban J connectivity index is 2.44. The van der Waals surface area contributed by atoms with E-state index in [1.165, 1.54) is 0 Å². The maximum Gasteiger partial charge on any atom is 0.221 e. The van der Waals surface area contributed by atoms with E-state index in [-0.39, 0.29) is 5.91 Å². The number of pyridine rings is 1. The summed E-state index contributed by atoms with van der Waals surface area (Å²) in [5.41, 5.74) is 7.10. The number of thiocarbonyl (C=S) groups is 1. The van der Waals surface area contributed by atoms with E-state index in [9.17, 15) is 4.79 Å². The maximum atomic E-state index is 11.4. The van der Waals surface area contributed by atoms with Crippen LogP contribution in [0.15, 0.2) is 18.5 Å². The van der Waals surface area contributed by atoms with Gasteiger partial charge in [0.1, 0.15) is 4.99 Å². The summed E-state index contributed by atoms with van der Waals surface area (Å²) < 4.78 is 0. The molecule has 5 nitrogen and oxygen atoms in total. The van der Waals surface area contributed by atoms with Crippen LogP contribution in [-0.2, 0) is 4.79 Å². The molecule has 1 rings (SSSR count). The van der Waals surface area contributed by atoms with Crippen molar-refractivity contribution in [3.63, 3.8) is 0 Å². The Hall–Kier alpha value is -1.69. The summed E-state index contributed by atoms with van der Waals surface area (Å²) in [4.78, 5) is 15.7. The largest absolute Gasteiger partial charge is 0.389 e. The zero-order valence-electron chi connectivity index (χ0n) is 10.4. The number of anilines is 1. The van der Waals surface area contributed by atoms with Crippen LogP contribution in [-0.4, -0.2) is 29.0 Å². The molecule has 0 aromatic carbocycles. The normalized spacial score (nSPS) is 9.83. The zero-order valence-corrected chi connectivity index (χ0v) is 11.2. The molecule has 98 valence electrons. The second kappa shape index (κ2) is 7.60. The summed E-state index contributed by atoms with van der Waals surface area (Å²) >= 11 is 4.94. The fourth-order valence-corrected chi connectivity index (χ4v) is 1.59. The monoisotopic (exact) mass is 266 g/mol. The molecule has 0 saturated carbocycles. The first-order valence-corrected chi connectivity index (χ1v) is 6.30. The minimum Gasteiger partial charge on any atom is -0.389 e. The molecule has 0 fully saturated rings. The van der Waals surface area contributed by atoms with Gasteiger partial charge in [-0.15, -0.1) is 0 Å². The van der Waals surface area contributed by atoms with Crippen LogP contribution in [0, 0.1) is 0 Å². The Bertz CT molecular complexity index is 422. The Morgan fingerprint density at radius 2 is 2.28 bits per heavy atom.